The molecule has 0 radical (unpaired) electrons. The largest absolute Gasteiger partial charge is 0.373 e. The summed E-state index contributed by atoms with van der Waals surface area (Å²) in [5.74, 6) is 1.38. The minimum absolute atomic E-state index is 0.133. The van der Waals surface area contributed by atoms with Crippen LogP contribution in [-0.4, -0.2) is 54.9 Å². The van der Waals surface area contributed by atoms with Crippen LogP contribution in [-0.2, 0) is 6.54 Å². The Bertz CT molecular complexity index is 742. The van der Waals surface area contributed by atoms with E-state index >= 15 is 0 Å². The van der Waals surface area contributed by atoms with Gasteiger partial charge in [-0.1, -0.05) is 12.1 Å². The maximum atomic E-state index is 12.9. The lowest BCUT2D eigenvalue weighted by atomic mass is 9.90. The zero-order valence-corrected chi connectivity index (χ0v) is 15.9. The fourth-order valence-corrected chi connectivity index (χ4v) is 3.57. The van der Waals surface area contributed by atoms with Crippen LogP contribution in [0.2, 0.25) is 0 Å². The zero-order valence-electron chi connectivity index (χ0n) is 15.9. The summed E-state index contributed by atoms with van der Waals surface area (Å²) in [5.41, 5.74) is 3.25. The quantitative estimate of drug-likeness (QED) is 0.898. The van der Waals surface area contributed by atoms with Crippen molar-refractivity contribution in [1.82, 2.24) is 14.8 Å². The van der Waals surface area contributed by atoms with Gasteiger partial charge in [-0.05, 0) is 62.3 Å². The third-order valence-electron chi connectivity index (χ3n) is 4.92. The van der Waals surface area contributed by atoms with Gasteiger partial charge in [-0.3, -0.25) is 4.79 Å². The van der Waals surface area contributed by atoms with Gasteiger partial charge in [0, 0.05) is 44.4 Å². The topological polar surface area (TPSA) is 48.5 Å². The fourth-order valence-electron chi connectivity index (χ4n) is 3.57. The number of pyridine rings is 1. The van der Waals surface area contributed by atoms with Crippen molar-refractivity contribution in [2.75, 3.05) is 39.5 Å². The predicted molar refractivity (Wildman–Crippen MR) is 105 cm³/mol. The van der Waals surface area contributed by atoms with E-state index in [1.807, 2.05) is 44.4 Å². The number of likely N-dealkylation sites (tertiary alicyclic amines) is 1. The lowest BCUT2D eigenvalue weighted by molar-refractivity contribution is 0.0707. The molecule has 0 spiro atoms. The van der Waals surface area contributed by atoms with Crippen LogP contribution in [0.3, 0.4) is 0 Å². The number of carbonyl (C=O) groups is 1. The van der Waals surface area contributed by atoms with Gasteiger partial charge in [0.2, 0.25) is 0 Å². The van der Waals surface area contributed by atoms with Crippen LogP contribution >= 0.6 is 0 Å². The number of anilines is 1. The molecule has 5 heteroatoms. The van der Waals surface area contributed by atoms with Crippen LogP contribution in [0.4, 0.5) is 5.82 Å². The normalized spacial score (nSPS) is 17.4. The number of amides is 1. The van der Waals surface area contributed by atoms with Crippen molar-refractivity contribution < 1.29 is 4.79 Å². The van der Waals surface area contributed by atoms with Crippen molar-refractivity contribution in [1.29, 1.82) is 0 Å². The maximum absolute atomic E-state index is 12.9. The summed E-state index contributed by atoms with van der Waals surface area (Å²) in [6, 6.07) is 12.2. The van der Waals surface area contributed by atoms with Crippen LogP contribution in [0.1, 0.15) is 40.2 Å². The Morgan fingerprint density at radius 2 is 2.04 bits per heavy atom. The smallest absolute Gasteiger partial charge is 0.253 e. The molecule has 1 aliphatic rings. The van der Waals surface area contributed by atoms with E-state index in [1.54, 1.807) is 0 Å². The molecular formula is C21H28N4O. The molecule has 1 fully saturated rings. The summed E-state index contributed by atoms with van der Waals surface area (Å²) in [4.78, 5) is 21.3. The van der Waals surface area contributed by atoms with Gasteiger partial charge in [0.15, 0.2) is 0 Å². The first-order chi connectivity index (χ1) is 12.6. The summed E-state index contributed by atoms with van der Waals surface area (Å²) in [6.45, 7) is 2.49. The molecule has 1 aromatic heterocycles. The summed E-state index contributed by atoms with van der Waals surface area (Å²) in [6.07, 6.45) is 3.98. The first kappa shape index (κ1) is 18.4. The molecule has 1 N–H and O–H groups in total. The molecule has 2 aromatic rings. The summed E-state index contributed by atoms with van der Waals surface area (Å²) in [5, 5.41) is 3.09. The first-order valence-corrected chi connectivity index (χ1v) is 9.23. The highest BCUT2D eigenvalue weighted by atomic mass is 16.2. The van der Waals surface area contributed by atoms with Crippen molar-refractivity contribution >= 4 is 11.7 Å². The highest BCUT2D eigenvalue weighted by Crippen LogP contribution is 2.28. The molecule has 138 valence electrons. The van der Waals surface area contributed by atoms with E-state index in [-0.39, 0.29) is 5.91 Å². The number of nitrogens with zero attached hydrogens (tertiary/aromatic N) is 3. The van der Waals surface area contributed by atoms with E-state index in [0.717, 1.165) is 43.9 Å². The number of rotatable bonds is 5. The van der Waals surface area contributed by atoms with Crippen molar-refractivity contribution in [2.24, 2.45) is 0 Å². The summed E-state index contributed by atoms with van der Waals surface area (Å²) >= 11 is 0. The van der Waals surface area contributed by atoms with Crippen molar-refractivity contribution in [3.8, 4) is 0 Å². The van der Waals surface area contributed by atoms with E-state index in [2.05, 4.69) is 39.5 Å². The molecule has 1 atom stereocenters. The summed E-state index contributed by atoms with van der Waals surface area (Å²) in [7, 11) is 5.97. The zero-order chi connectivity index (χ0) is 18.5. The standard InChI is InChI=1S/C21H28N4O/c1-22-20-13-18(10-11-23-20)19-5-4-12-25(15-19)21(26)17-8-6-16(7-9-17)14-24(2)3/h6-11,13,19H,4-5,12,14-15H2,1-3H3,(H,22,23). The highest BCUT2D eigenvalue weighted by molar-refractivity contribution is 5.94. The van der Waals surface area contributed by atoms with Gasteiger partial charge < -0.3 is 15.1 Å². The Labute approximate surface area is 156 Å². The molecule has 26 heavy (non-hydrogen) atoms. The van der Waals surface area contributed by atoms with Crippen molar-refractivity contribution in [3.05, 3.63) is 59.3 Å². The number of aromatic nitrogens is 1. The van der Waals surface area contributed by atoms with Crippen LogP contribution in [0.25, 0.3) is 0 Å². The highest BCUT2D eigenvalue weighted by Gasteiger charge is 2.25. The minimum atomic E-state index is 0.133. The number of piperidine rings is 1. The Kier molecular flexibility index (Phi) is 5.89. The van der Waals surface area contributed by atoms with Gasteiger partial charge in [0.25, 0.3) is 5.91 Å². The van der Waals surface area contributed by atoms with Gasteiger partial charge in [-0.25, -0.2) is 4.98 Å². The van der Waals surface area contributed by atoms with Gasteiger partial charge in [-0.2, -0.15) is 0 Å². The number of nitrogens with one attached hydrogen (secondary N) is 1. The van der Waals surface area contributed by atoms with Crippen LogP contribution < -0.4 is 5.32 Å². The monoisotopic (exact) mass is 352 g/mol. The first-order valence-electron chi connectivity index (χ1n) is 9.23. The SMILES string of the molecule is CNc1cc(C2CCCN(C(=O)c3ccc(CN(C)C)cc3)C2)ccn1. The number of benzene rings is 1. The van der Waals surface area contributed by atoms with Crippen LogP contribution in [0.5, 0.6) is 0 Å². The van der Waals surface area contributed by atoms with E-state index in [4.69, 9.17) is 0 Å². The van der Waals surface area contributed by atoms with Gasteiger partial charge in [0.1, 0.15) is 5.82 Å². The number of hydrogen-bond donors (Lipinski definition) is 1. The average molecular weight is 352 g/mol. The van der Waals surface area contributed by atoms with Gasteiger partial charge in [-0.15, -0.1) is 0 Å². The predicted octanol–water partition coefficient (Wildman–Crippen LogP) is 3.20. The van der Waals surface area contributed by atoms with Crippen molar-refractivity contribution in [2.45, 2.75) is 25.3 Å². The molecule has 1 saturated heterocycles. The Morgan fingerprint density at radius 3 is 2.73 bits per heavy atom. The lowest BCUT2D eigenvalue weighted by Crippen LogP contribution is -2.39. The maximum Gasteiger partial charge on any atom is 0.253 e. The Hall–Kier alpha value is -2.40. The molecular weight excluding hydrogens is 324 g/mol. The third kappa shape index (κ3) is 4.41. The third-order valence-corrected chi connectivity index (χ3v) is 4.92. The summed E-state index contributed by atoms with van der Waals surface area (Å²) < 4.78 is 0. The molecule has 1 aromatic carbocycles. The molecule has 5 nitrogen and oxygen atoms in total. The van der Waals surface area contributed by atoms with E-state index in [1.165, 1.54) is 11.1 Å². The molecule has 2 heterocycles. The fraction of sp³-hybridized carbons (Fsp3) is 0.429. The molecule has 1 unspecified atom stereocenters. The average Bonchev–Trinajstić information content (AvgIpc) is 2.68. The molecule has 0 aliphatic carbocycles. The molecule has 1 amide bonds. The van der Waals surface area contributed by atoms with E-state index < -0.39 is 0 Å². The van der Waals surface area contributed by atoms with Crippen LogP contribution in [0, 0.1) is 0 Å². The van der Waals surface area contributed by atoms with Gasteiger partial charge in [0.05, 0.1) is 0 Å². The number of hydrogen-bond acceptors (Lipinski definition) is 4. The number of carbonyl (C=O) groups excluding carboxylic acids is 1. The second-order valence-corrected chi connectivity index (χ2v) is 7.25. The van der Waals surface area contributed by atoms with Crippen LogP contribution in [0.15, 0.2) is 42.6 Å². The van der Waals surface area contributed by atoms with Crippen molar-refractivity contribution in [3.63, 3.8) is 0 Å². The molecule has 3 rings (SSSR count). The second kappa shape index (κ2) is 8.32. The molecule has 0 saturated carbocycles. The Balaban J connectivity index is 1.69. The minimum Gasteiger partial charge on any atom is -0.373 e. The molecule has 0 bridgehead atoms. The Morgan fingerprint density at radius 1 is 1.27 bits per heavy atom. The van der Waals surface area contributed by atoms with E-state index in [0.29, 0.717) is 5.92 Å². The second-order valence-electron chi connectivity index (χ2n) is 7.25. The van der Waals surface area contributed by atoms with Gasteiger partial charge >= 0.3 is 0 Å². The van der Waals surface area contributed by atoms with E-state index in [9.17, 15) is 4.79 Å². The molecule has 1 aliphatic heterocycles. The lowest BCUT2D eigenvalue weighted by Gasteiger charge is -2.33.